The Balaban J connectivity index is 1.55. The lowest BCUT2D eigenvalue weighted by molar-refractivity contribution is -0.135. The number of amides is 2. The van der Waals surface area contributed by atoms with Crippen molar-refractivity contribution in [2.24, 2.45) is 5.92 Å². The summed E-state index contributed by atoms with van der Waals surface area (Å²) >= 11 is 6.38. The molecule has 2 aromatic rings. The van der Waals surface area contributed by atoms with Crippen LogP contribution in [0.3, 0.4) is 0 Å². The Morgan fingerprint density at radius 3 is 2.83 bits per heavy atom. The van der Waals surface area contributed by atoms with Crippen LogP contribution in [0, 0.1) is 5.92 Å². The predicted octanol–water partition coefficient (Wildman–Crippen LogP) is 3.62. The number of nitrogens with zero attached hydrogens (tertiary/aromatic N) is 1. The molecule has 2 aromatic carbocycles. The van der Waals surface area contributed by atoms with Gasteiger partial charge in [0.15, 0.2) is 0 Å². The van der Waals surface area contributed by atoms with Crippen molar-refractivity contribution in [2.45, 2.75) is 30.8 Å². The molecule has 6 nitrogen and oxygen atoms in total. The Hall–Kier alpha value is -2.57. The van der Waals surface area contributed by atoms with Gasteiger partial charge in [0, 0.05) is 17.3 Å². The van der Waals surface area contributed by atoms with Crippen LogP contribution in [0.2, 0.25) is 5.02 Å². The van der Waals surface area contributed by atoms with E-state index in [4.69, 9.17) is 16.3 Å². The second-order valence-electron chi connectivity index (χ2n) is 7.88. The Kier molecular flexibility index (Phi) is 4.29. The summed E-state index contributed by atoms with van der Waals surface area (Å²) in [4.78, 5) is 29.0. The van der Waals surface area contributed by atoms with Gasteiger partial charge in [-0.15, -0.1) is 0 Å². The van der Waals surface area contributed by atoms with Gasteiger partial charge >= 0.3 is 0 Å². The molecule has 3 atom stereocenters. The molecule has 3 aliphatic heterocycles. The summed E-state index contributed by atoms with van der Waals surface area (Å²) in [5.74, 6) is -0.0678. The Morgan fingerprint density at radius 2 is 2.07 bits per heavy atom. The number of benzene rings is 2. The number of fused-ring (bicyclic) bond motifs is 4. The maximum atomic E-state index is 13.4. The van der Waals surface area contributed by atoms with Crippen molar-refractivity contribution in [1.82, 2.24) is 4.90 Å². The first-order valence-corrected chi connectivity index (χ1v) is 10.3. The number of para-hydroxylation sites is 1. The fourth-order valence-electron chi connectivity index (χ4n) is 5.32. The van der Waals surface area contributed by atoms with Crippen molar-refractivity contribution in [3.05, 3.63) is 53.1 Å². The van der Waals surface area contributed by atoms with E-state index in [0.29, 0.717) is 22.8 Å². The van der Waals surface area contributed by atoms with Gasteiger partial charge in [-0.2, -0.15) is 0 Å². The van der Waals surface area contributed by atoms with E-state index < -0.39 is 11.5 Å². The average Bonchev–Trinajstić information content (AvgIpc) is 3.38. The molecule has 7 heteroatoms. The van der Waals surface area contributed by atoms with Crippen LogP contribution in [0.1, 0.15) is 24.8 Å². The molecule has 150 valence electrons. The van der Waals surface area contributed by atoms with Crippen LogP contribution in [-0.4, -0.2) is 36.4 Å². The fourth-order valence-corrected chi connectivity index (χ4v) is 5.54. The number of hydrogen-bond donors (Lipinski definition) is 2. The van der Waals surface area contributed by atoms with Gasteiger partial charge in [-0.1, -0.05) is 23.7 Å². The van der Waals surface area contributed by atoms with E-state index >= 15 is 0 Å². The molecule has 5 rings (SSSR count). The highest BCUT2D eigenvalue weighted by molar-refractivity contribution is 6.35. The summed E-state index contributed by atoms with van der Waals surface area (Å²) in [6.07, 6.45) is 2.68. The van der Waals surface area contributed by atoms with Gasteiger partial charge in [0.25, 0.3) is 0 Å². The summed E-state index contributed by atoms with van der Waals surface area (Å²) in [6.45, 7) is 0.802. The number of carbonyl (C=O) groups is 2. The van der Waals surface area contributed by atoms with Crippen LogP contribution in [0.4, 0.5) is 11.4 Å². The van der Waals surface area contributed by atoms with E-state index in [1.807, 2.05) is 12.1 Å². The molecule has 2 fully saturated rings. The average molecular weight is 412 g/mol. The monoisotopic (exact) mass is 411 g/mol. The van der Waals surface area contributed by atoms with Crippen LogP contribution >= 0.6 is 11.6 Å². The number of halogens is 1. The van der Waals surface area contributed by atoms with Gasteiger partial charge in [-0.25, -0.2) is 0 Å². The highest BCUT2D eigenvalue weighted by Crippen LogP contribution is 2.56. The zero-order chi connectivity index (χ0) is 20.2. The number of ether oxygens (including phenoxy) is 1. The van der Waals surface area contributed by atoms with Gasteiger partial charge in [-0.05, 0) is 56.1 Å². The number of anilines is 2. The van der Waals surface area contributed by atoms with Crippen molar-refractivity contribution in [2.75, 3.05) is 24.3 Å². The van der Waals surface area contributed by atoms with E-state index in [9.17, 15) is 9.59 Å². The van der Waals surface area contributed by atoms with E-state index in [2.05, 4.69) is 15.5 Å². The molecule has 0 aromatic heterocycles. The van der Waals surface area contributed by atoms with Gasteiger partial charge < -0.3 is 15.4 Å². The SMILES string of the molecule is COc1ccc(NC(=O)[C@@H]2C[C@H]3CCCN3[C@]23C(=O)Nc2c(Cl)cccc23)cc1. The van der Waals surface area contributed by atoms with Gasteiger partial charge in [-0.3, -0.25) is 14.5 Å². The third kappa shape index (κ3) is 2.59. The number of nitrogens with one attached hydrogen (secondary N) is 2. The standard InChI is InChI=1S/C22H22ClN3O3/c1-29-15-9-7-13(8-10-15)24-20(27)17-12-14-4-3-11-26(14)22(17)16-5-2-6-18(23)19(16)25-21(22)28/h2,5-10,14,17H,3-4,11-12H2,1H3,(H,24,27)(H,25,28)/t14-,17+,22+/m1/s1. The summed E-state index contributed by atoms with van der Waals surface area (Å²) < 4.78 is 5.18. The predicted molar refractivity (Wildman–Crippen MR) is 111 cm³/mol. The lowest BCUT2D eigenvalue weighted by Gasteiger charge is -2.36. The second-order valence-corrected chi connectivity index (χ2v) is 8.29. The van der Waals surface area contributed by atoms with Crippen LogP contribution in [0.25, 0.3) is 0 Å². The highest BCUT2D eigenvalue weighted by atomic mass is 35.5. The fraction of sp³-hybridized carbons (Fsp3) is 0.364. The number of rotatable bonds is 3. The molecule has 0 radical (unpaired) electrons. The number of carbonyl (C=O) groups excluding carboxylic acids is 2. The second kappa shape index (κ2) is 6.75. The zero-order valence-electron chi connectivity index (χ0n) is 16.1. The van der Waals surface area contributed by atoms with Gasteiger partial charge in [0.2, 0.25) is 11.8 Å². The van der Waals surface area contributed by atoms with E-state index in [0.717, 1.165) is 30.7 Å². The third-order valence-corrected chi connectivity index (χ3v) is 6.84. The molecule has 3 aliphatic rings. The van der Waals surface area contributed by atoms with Crippen LogP contribution < -0.4 is 15.4 Å². The van der Waals surface area contributed by atoms with Crippen molar-refractivity contribution in [1.29, 1.82) is 0 Å². The molecule has 0 unspecified atom stereocenters. The summed E-state index contributed by atoms with van der Waals surface area (Å²) in [5.41, 5.74) is 1.13. The van der Waals surface area contributed by atoms with Crippen molar-refractivity contribution in [3.63, 3.8) is 0 Å². The van der Waals surface area contributed by atoms with Crippen molar-refractivity contribution < 1.29 is 14.3 Å². The zero-order valence-corrected chi connectivity index (χ0v) is 16.8. The molecule has 2 amide bonds. The molecule has 29 heavy (non-hydrogen) atoms. The quantitative estimate of drug-likeness (QED) is 0.809. The summed E-state index contributed by atoms with van der Waals surface area (Å²) in [6, 6.07) is 13.0. The summed E-state index contributed by atoms with van der Waals surface area (Å²) in [7, 11) is 1.60. The Morgan fingerprint density at radius 1 is 1.28 bits per heavy atom. The van der Waals surface area contributed by atoms with Gasteiger partial charge in [0.1, 0.15) is 11.3 Å². The number of hydrogen-bond acceptors (Lipinski definition) is 4. The minimum Gasteiger partial charge on any atom is -0.497 e. The lowest BCUT2D eigenvalue weighted by Crippen LogP contribution is -2.53. The first-order chi connectivity index (χ1) is 14.1. The molecule has 0 aliphatic carbocycles. The van der Waals surface area contributed by atoms with E-state index in [1.165, 1.54) is 0 Å². The topological polar surface area (TPSA) is 70.7 Å². The molecule has 0 saturated carbocycles. The Labute approximate surface area is 174 Å². The molecule has 1 spiro atoms. The minimum atomic E-state index is -1.00. The van der Waals surface area contributed by atoms with E-state index in [-0.39, 0.29) is 17.9 Å². The maximum absolute atomic E-state index is 13.4. The van der Waals surface area contributed by atoms with Crippen LogP contribution in [0.5, 0.6) is 5.75 Å². The molecule has 2 N–H and O–H groups in total. The largest absolute Gasteiger partial charge is 0.497 e. The normalized spacial score (nSPS) is 27.6. The summed E-state index contributed by atoms with van der Waals surface area (Å²) in [5, 5.41) is 6.48. The van der Waals surface area contributed by atoms with Gasteiger partial charge in [0.05, 0.1) is 23.7 Å². The van der Waals surface area contributed by atoms with Crippen LogP contribution in [0.15, 0.2) is 42.5 Å². The maximum Gasteiger partial charge on any atom is 0.250 e. The lowest BCUT2D eigenvalue weighted by atomic mass is 9.78. The minimum absolute atomic E-state index is 0.146. The molecule has 2 saturated heterocycles. The molecule has 3 heterocycles. The van der Waals surface area contributed by atoms with Crippen LogP contribution in [-0.2, 0) is 15.1 Å². The Bertz CT molecular complexity index is 993. The third-order valence-electron chi connectivity index (χ3n) is 6.53. The smallest absolute Gasteiger partial charge is 0.250 e. The van der Waals surface area contributed by atoms with E-state index in [1.54, 1.807) is 37.4 Å². The molecule has 0 bridgehead atoms. The first kappa shape index (κ1) is 18.5. The van der Waals surface area contributed by atoms with Crippen molar-refractivity contribution >= 4 is 34.8 Å². The number of methoxy groups -OCH3 is 1. The first-order valence-electron chi connectivity index (χ1n) is 9.88. The van der Waals surface area contributed by atoms with Crippen molar-refractivity contribution in [3.8, 4) is 5.75 Å². The molecular formula is C22H22ClN3O3. The highest BCUT2D eigenvalue weighted by Gasteiger charge is 2.65. The molecular weight excluding hydrogens is 390 g/mol.